The summed E-state index contributed by atoms with van der Waals surface area (Å²) in [5, 5.41) is 0. The maximum atomic E-state index is 12.1. The number of rotatable bonds is 3. The molecule has 1 aromatic rings. The first kappa shape index (κ1) is 14.4. The van der Waals surface area contributed by atoms with Gasteiger partial charge in [-0.1, -0.05) is 37.3 Å². The van der Waals surface area contributed by atoms with Crippen LogP contribution in [0, 0.1) is 5.92 Å². The molecule has 1 heterocycles. The van der Waals surface area contributed by atoms with Crippen molar-refractivity contribution in [1.29, 1.82) is 0 Å². The van der Waals surface area contributed by atoms with E-state index in [1.165, 1.54) is 12.0 Å². The van der Waals surface area contributed by atoms with Crippen molar-refractivity contribution in [2.24, 2.45) is 5.92 Å². The van der Waals surface area contributed by atoms with Gasteiger partial charge in [0.2, 0.25) is 0 Å². The van der Waals surface area contributed by atoms with Gasteiger partial charge in [0.15, 0.2) is 0 Å². The Balaban J connectivity index is 1.96. The number of hydrogen-bond donors (Lipinski definition) is 0. The van der Waals surface area contributed by atoms with Crippen LogP contribution in [0.5, 0.6) is 0 Å². The minimum atomic E-state index is -0.539. The molecule has 1 amide bonds. The molecule has 0 N–H and O–H groups in total. The Hall–Kier alpha value is -2.04. The number of carbonyl (C=O) groups excluding carboxylic acids is 2. The Morgan fingerprint density at radius 3 is 2.65 bits per heavy atom. The number of ether oxygens (including phenoxy) is 2. The Kier molecular flexibility index (Phi) is 4.61. The van der Waals surface area contributed by atoms with Gasteiger partial charge in [-0.3, -0.25) is 4.90 Å². The number of nitrogens with zero attached hydrogens (tertiary/aromatic N) is 1. The molecule has 1 saturated heterocycles. The van der Waals surface area contributed by atoms with E-state index in [-0.39, 0.29) is 18.5 Å². The van der Waals surface area contributed by atoms with Gasteiger partial charge in [-0.05, 0) is 17.9 Å². The highest BCUT2D eigenvalue weighted by molar-refractivity contribution is 5.82. The van der Waals surface area contributed by atoms with Crippen molar-refractivity contribution in [3.05, 3.63) is 35.9 Å². The molecule has 0 aromatic heterocycles. The van der Waals surface area contributed by atoms with Crippen LogP contribution in [0.4, 0.5) is 4.79 Å². The predicted molar refractivity (Wildman–Crippen MR) is 72.9 cm³/mol. The zero-order chi connectivity index (χ0) is 14.5. The molecule has 0 saturated carbocycles. The molecule has 0 aliphatic carbocycles. The molecule has 1 fully saturated rings. The minimum Gasteiger partial charge on any atom is -0.467 e. The van der Waals surface area contributed by atoms with Crippen LogP contribution in [0.15, 0.2) is 30.3 Å². The molecular weight excluding hydrogens is 258 g/mol. The van der Waals surface area contributed by atoms with Gasteiger partial charge in [0, 0.05) is 6.54 Å². The maximum Gasteiger partial charge on any atom is 0.410 e. The lowest BCUT2D eigenvalue weighted by Gasteiger charge is -2.24. The fraction of sp³-hybridized carbons (Fsp3) is 0.467. The Bertz CT molecular complexity index is 474. The number of methoxy groups -OCH3 is 1. The first-order chi connectivity index (χ1) is 9.63. The third-order valence-corrected chi connectivity index (χ3v) is 3.58. The van der Waals surface area contributed by atoms with Crippen LogP contribution in [-0.2, 0) is 20.9 Å². The number of carbonyl (C=O) groups is 2. The standard InChI is InChI=1S/C15H19NO4/c1-11-8-9-16(13(11)14(17)19-2)15(18)20-10-12-6-4-3-5-7-12/h3-7,11,13H,8-10H2,1-2H3. The van der Waals surface area contributed by atoms with Gasteiger partial charge < -0.3 is 9.47 Å². The number of esters is 1. The second-order valence-corrected chi connectivity index (χ2v) is 4.97. The molecule has 108 valence electrons. The van der Waals surface area contributed by atoms with E-state index >= 15 is 0 Å². The van der Waals surface area contributed by atoms with Gasteiger partial charge in [-0.2, -0.15) is 0 Å². The lowest BCUT2D eigenvalue weighted by molar-refractivity contribution is -0.146. The first-order valence-electron chi connectivity index (χ1n) is 6.68. The number of benzene rings is 1. The minimum absolute atomic E-state index is 0.0896. The Morgan fingerprint density at radius 1 is 1.30 bits per heavy atom. The lowest BCUT2D eigenvalue weighted by Crippen LogP contribution is -2.43. The van der Waals surface area contributed by atoms with E-state index < -0.39 is 12.1 Å². The van der Waals surface area contributed by atoms with Crippen molar-refractivity contribution in [1.82, 2.24) is 4.90 Å². The largest absolute Gasteiger partial charge is 0.467 e. The highest BCUT2D eigenvalue weighted by Crippen LogP contribution is 2.25. The molecule has 5 heteroatoms. The van der Waals surface area contributed by atoms with Gasteiger partial charge in [0.25, 0.3) is 0 Å². The van der Waals surface area contributed by atoms with Crippen molar-refractivity contribution in [3.63, 3.8) is 0 Å². The maximum absolute atomic E-state index is 12.1. The van der Waals surface area contributed by atoms with E-state index in [4.69, 9.17) is 9.47 Å². The summed E-state index contributed by atoms with van der Waals surface area (Å²) in [6, 6.07) is 8.91. The fourth-order valence-electron chi connectivity index (χ4n) is 2.43. The van der Waals surface area contributed by atoms with Crippen LogP contribution in [0.3, 0.4) is 0 Å². The van der Waals surface area contributed by atoms with Gasteiger partial charge in [0.05, 0.1) is 7.11 Å². The van der Waals surface area contributed by atoms with Crippen LogP contribution in [0.25, 0.3) is 0 Å². The third-order valence-electron chi connectivity index (χ3n) is 3.58. The van der Waals surface area contributed by atoms with Crippen molar-refractivity contribution >= 4 is 12.1 Å². The third kappa shape index (κ3) is 3.10. The van der Waals surface area contributed by atoms with Crippen molar-refractivity contribution < 1.29 is 19.1 Å². The van der Waals surface area contributed by atoms with Crippen LogP contribution in [-0.4, -0.2) is 36.7 Å². The number of likely N-dealkylation sites (tertiary alicyclic amines) is 1. The molecule has 0 spiro atoms. The smallest absolute Gasteiger partial charge is 0.410 e. The van der Waals surface area contributed by atoms with Gasteiger partial charge in [-0.25, -0.2) is 9.59 Å². The molecule has 5 nitrogen and oxygen atoms in total. The van der Waals surface area contributed by atoms with Crippen LogP contribution in [0.1, 0.15) is 18.9 Å². The monoisotopic (exact) mass is 277 g/mol. The van der Waals surface area contributed by atoms with Crippen molar-refractivity contribution in [2.75, 3.05) is 13.7 Å². The number of amides is 1. The highest BCUT2D eigenvalue weighted by Gasteiger charge is 2.41. The average molecular weight is 277 g/mol. The summed E-state index contributed by atoms with van der Waals surface area (Å²) in [7, 11) is 1.33. The molecule has 20 heavy (non-hydrogen) atoms. The van der Waals surface area contributed by atoms with E-state index in [2.05, 4.69) is 0 Å². The molecule has 2 atom stereocenters. The lowest BCUT2D eigenvalue weighted by atomic mass is 10.0. The summed E-state index contributed by atoms with van der Waals surface area (Å²) in [5.74, 6) is -0.293. The highest BCUT2D eigenvalue weighted by atomic mass is 16.6. The van der Waals surface area contributed by atoms with Crippen LogP contribution >= 0.6 is 0 Å². The normalized spacial score (nSPS) is 21.6. The quantitative estimate of drug-likeness (QED) is 0.795. The summed E-state index contributed by atoms with van der Waals surface area (Å²) < 4.78 is 10.0. The average Bonchev–Trinajstić information content (AvgIpc) is 2.87. The number of hydrogen-bond acceptors (Lipinski definition) is 4. The molecule has 2 unspecified atom stereocenters. The molecule has 2 rings (SSSR count). The molecule has 1 aromatic carbocycles. The van der Waals surface area contributed by atoms with Crippen molar-refractivity contribution in [2.45, 2.75) is 26.0 Å². The van der Waals surface area contributed by atoms with Crippen molar-refractivity contribution in [3.8, 4) is 0 Å². The summed E-state index contributed by atoms with van der Waals surface area (Å²) in [5.41, 5.74) is 0.919. The fourth-order valence-corrected chi connectivity index (χ4v) is 2.43. The molecule has 0 bridgehead atoms. The predicted octanol–water partition coefficient (Wildman–Crippen LogP) is 2.21. The van der Waals surface area contributed by atoms with Crippen LogP contribution < -0.4 is 0 Å². The summed E-state index contributed by atoms with van der Waals surface area (Å²) in [6.45, 7) is 2.67. The summed E-state index contributed by atoms with van der Waals surface area (Å²) in [6.07, 6.45) is 0.314. The second-order valence-electron chi connectivity index (χ2n) is 4.97. The SMILES string of the molecule is COC(=O)C1C(C)CCN1C(=O)OCc1ccccc1. The Labute approximate surface area is 118 Å². The van der Waals surface area contributed by atoms with E-state index in [1.807, 2.05) is 37.3 Å². The molecule has 0 radical (unpaired) electrons. The first-order valence-corrected chi connectivity index (χ1v) is 6.68. The van der Waals surface area contributed by atoms with E-state index in [9.17, 15) is 9.59 Å². The molecular formula is C15H19NO4. The second kappa shape index (κ2) is 6.41. The van der Waals surface area contributed by atoms with E-state index in [0.29, 0.717) is 6.54 Å². The van der Waals surface area contributed by atoms with Gasteiger partial charge in [0.1, 0.15) is 12.6 Å². The Morgan fingerprint density at radius 2 is 2.00 bits per heavy atom. The van der Waals surface area contributed by atoms with Gasteiger partial charge in [-0.15, -0.1) is 0 Å². The van der Waals surface area contributed by atoms with Gasteiger partial charge >= 0.3 is 12.1 Å². The molecule has 1 aliphatic rings. The van der Waals surface area contributed by atoms with Crippen LogP contribution in [0.2, 0.25) is 0 Å². The topological polar surface area (TPSA) is 55.8 Å². The molecule has 1 aliphatic heterocycles. The summed E-state index contributed by atoms with van der Waals surface area (Å²) >= 11 is 0. The van der Waals surface area contributed by atoms with E-state index in [1.54, 1.807) is 0 Å². The zero-order valence-corrected chi connectivity index (χ0v) is 11.7. The zero-order valence-electron chi connectivity index (χ0n) is 11.7. The van der Waals surface area contributed by atoms with E-state index in [0.717, 1.165) is 12.0 Å². The summed E-state index contributed by atoms with van der Waals surface area (Å²) in [4.78, 5) is 25.3.